The minimum Gasteiger partial charge on any atom is -0.490 e. The topological polar surface area (TPSA) is 52.3 Å². The molecule has 0 aliphatic heterocycles. The molecule has 0 saturated carbocycles. The van der Waals surface area contributed by atoms with Crippen molar-refractivity contribution in [2.45, 2.75) is 20.0 Å². The van der Waals surface area contributed by atoms with Crippen molar-refractivity contribution in [1.82, 2.24) is 0 Å². The fourth-order valence-electron chi connectivity index (χ4n) is 1.84. The van der Waals surface area contributed by atoms with Gasteiger partial charge < -0.3 is 10.5 Å². The summed E-state index contributed by atoms with van der Waals surface area (Å²) in [5, 5.41) is 0. The van der Waals surface area contributed by atoms with Gasteiger partial charge in [-0.1, -0.05) is 18.7 Å². The molecule has 1 aliphatic carbocycles. The zero-order valence-electron chi connectivity index (χ0n) is 9.99. The smallest absolute Gasteiger partial charge is 0.195 e. The Morgan fingerprint density at radius 3 is 2.71 bits per heavy atom. The number of anilines is 1. The van der Waals surface area contributed by atoms with E-state index in [2.05, 4.69) is 6.58 Å². The van der Waals surface area contributed by atoms with Gasteiger partial charge >= 0.3 is 0 Å². The molecule has 0 saturated heterocycles. The number of allylic oxidation sites excluding steroid dienone is 2. The highest BCUT2D eigenvalue weighted by Crippen LogP contribution is 2.33. The normalized spacial score (nSPS) is 14.6. The fourth-order valence-corrected chi connectivity index (χ4v) is 1.84. The molecule has 1 aromatic carbocycles. The molecule has 0 spiro atoms. The Morgan fingerprint density at radius 1 is 1.35 bits per heavy atom. The molecule has 0 unspecified atom stereocenters. The van der Waals surface area contributed by atoms with Gasteiger partial charge in [-0.05, 0) is 26.0 Å². The summed E-state index contributed by atoms with van der Waals surface area (Å²) >= 11 is 0. The monoisotopic (exact) mass is 229 g/mol. The number of carbonyl (C=O) groups is 1. The van der Waals surface area contributed by atoms with Crippen molar-refractivity contribution in [2.75, 3.05) is 5.73 Å². The molecule has 1 aromatic rings. The molecule has 2 rings (SSSR count). The van der Waals surface area contributed by atoms with Crippen molar-refractivity contribution in [3.8, 4) is 0 Å². The molecule has 1 aliphatic rings. The number of hydrogen-bond acceptors (Lipinski definition) is 3. The van der Waals surface area contributed by atoms with Crippen molar-refractivity contribution in [3.05, 3.63) is 47.6 Å². The highest BCUT2D eigenvalue weighted by atomic mass is 16.5. The predicted molar refractivity (Wildman–Crippen MR) is 68.5 cm³/mol. The van der Waals surface area contributed by atoms with Crippen LogP contribution in [0.5, 0.6) is 0 Å². The summed E-state index contributed by atoms with van der Waals surface area (Å²) in [7, 11) is 0. The number of hydrogen-bond donors (Lipinski definition) is 1. The van der Waals surface area contributed by atoms with Crippen LogP contribution in [-0.2, 0) is 4.74 Å². The first-order chi connectivity index (χ1) is 8.00. The summed E-state index contributed by atoms with van der Waals surface area (Å²) < 4.78 is 5.68. The maximum Gasteiger partial charge on any atom is 0.195 e. The lowest BCUT2D eigenvalue weighted by Crippen LogP contribution is -2.15. The number of nitrogen functional groups attached to an aromatic ring is 1. The summed E-state index contributed by atoms with van der Waals surface area (Å²) in [6, 6.07) is 5.36. The Labute approximate surface area is 101 Å². The molecule has 0 aromatic heterocycles. The lowest BCUT2D eigenvalue weighted by molar-refractivity contribution is 0.103. The molecular formula is C14H15NO2. The average Bonchev–Trinajstić information content (AvgIpc) is 2.24. The number of ether oxygens (including phenoxy) is 1. The third kappa shape index (κ3) is 1.96. The van der Waals surface area contributed by atoms with E-state index >= 15 is 0 Å². The van der Waals surface area contributed by atoms with Gasteiger partial charge in [0.05, 0.1) is 11.7 Å². The third-order valence-electron chi connectivity index (χ3n) is 2.55. The maximum absolute atomic E-state index is 12.0. The Bertz CT molecular complexity index is 527. The first-order valence-electron chi connectivity index (χ1n) is 5.51. The molecule has 3 nitrogen and oxygen atoms in total. The average molecular weight is 229 g/mol. The van der Waals surface area contributed by atoms with Gasteiger partial charge in [0, 0.05) is 16.8 Å². The van der Waals surface area contributed by atoms with Crippen LogP contribution in [0, 0.1) is 0 Å². The summed E-state index contributed by atoms with van der Waals surface area (Å²) in [5.41, 5.74) is 7.96. The summed E-state index contributed by atoms with van der Waals surface area (Å²) in [5.74, 6) is 0.529. The lowest BCUT2D eigenvalue weighted by Gasteiger charge is -2.21. The van der Waals surface area contributed by atoms with E-state index in [0.29, 0.717) is 22.6 Å². The van der Waals surface area contributed by atoms with E-state index in [-0.39, 0.29) is 11.9 Å². The number of rotatable bonds is 2. The molecule has 0 amide bonds. The molecule has 0 heterocycles. The standard InChI is InChI=1S/C14H15NO2/c1-8(2)17-12-7-9(3)14(16)13-10(12)5-4-6-11(13)15/h4-8H,3,15H2,1-2H3. The van der Waals surface area contributed by atoms with Gasteiger partial charge in [0.2, 0.25) is 0 Å². The van der Waals surface area contributed by atoms with E-state index in [1.54, 1.807) is 12.1 Å². The van der Waals surface area contributed by atoms with Crippen molar-refractivity contribution in [1.29, 1.82) is 0 Å². The first kappa shape index (κ1) is 11.5. The van der Waals surface area contributed by atoms with Crippen LogP contribution in [0.1, 0.15) is 29.8 Å². The van der Waals surface area contributed by atoms with Crippen LogP contribution in [0.4, 0.5) is 5.69 Å². The third-order valence-corrected chi connectivity index (χ3v) is 2.55. The molecule has 0 fully saturated rings. The largest absolute Gasteiger partial charge is 0.490 e. The van der Waals surface area contributed by atoms with Gasteiger partial charge in [-0.3, -0.25) is 4.79 Å². The second-order valence-corrected chi connectivity index (χ2v) is 4.30. The van der Waals surface area contributed by atoms with Gasteiger partial charge in [0.25, 0.3) is 0 Å². The molecule has 3 heteroatoms. The van der Waals surface area contributed by atoms with Crippen molar-refractivity contribution >= 4 is 17.2 Å². The summed E-state index contributed by atoms with van der Waals surface area (Å²) in [6.45, 7) is 7.60. The summed E-state index contributed by atoms with van der Waals surface area (Å²) in [6.07, 6.45) is 1.71. The van der Waals surface area contributed by atoms with Crippen LogP contribution in [-0.4, -0.2) is 11.9 Å². The highest BCUT2D eigenvalue weighted by Gasteiger charge is 2.25. The number of ketones is 1. The number of Topliss-reactive ketones (excluding diaryl/α,β-unsaturated/α-hetero) is 1. The molecule has 17 heavy (non-hydrogen) atoms. The molecular weight excluding hydrogens is 214 g/mol. The second kappa shape index (κ2) is 4.09. The van der Waals surface area contributed by atoms with E-state index in [1.165, 1.54) is 0 Å². The minimum absolute atomic E-state index is 0.0385. The van der Waals surface area contributed by atoms with E-state index in [4.69, 9.17) is 10.5 Å². The molecule has 88 valence electrons. The zero-order chi connectivity index (χ0) is 12.6. The van der Waals surface area contributed by atoms with Gasteiger partial charge in [-0.15, -0.1) is 0 Å². The summed E-state index contributed by atoms with van der Waals surface area (Å²) in [4.78, 5) is 12.0. The maximum atomic E-state index is 12.0. The van der Waals surface area contributed by atoms with Crippen molar-refractivity contribution in [3.63, 3.8) is 0 Å². The van der Waals surface area contributed by atoms with Gasteiger partial charge in [0.1, 0.15) is 5.76 Å². The van der Waals surface area contributed by atoms with Crippen molar-refractivity contribution < 1.29 is 9.53 Å². The van der Waals surface area contributed by atoms with Crippen LogP contribution >= 0.6 is 0 Å². The Hall–Kier alpha value is -2.03. The second-order valence-electron chi connectivity index (χ2n) is 4.30. The molecule has 2 N–H and O–H groups in total. The van der Waals surface area contributed by atoms with Gasteiger partial charge in [-0.25, -0.2) is 0 Å². The molecule has 0 bridgehead atoms. The quantitative estimate of drug-likeness (QED) is 0.626. The lowest BCUT2D eigenvalue weighted by atomic mass is 9.90. The van der Waals surface area contributed by atoms with Crippen LogP contribution in [0.25, 0.3) is 5.76 Å². The number of nitrogens with two attached hydrogens (primary N) is 1. The Balaban J connectivity index is 2.59. The van der Waals surface area contributed by atoms with Crippen LogP contribution < -0.4 is 5.73 Å². The number of carbonyl (C=O) groups excluding carboxylic acids is 1. The SMILES string of the molecule is C=C1C=C(OC(C)C)c2cccc(N)c2C1=O. The van der Waals surface area contributed by atoms with E-state index < -0.39 is 0 Å². The molecule has 0 radical (unpaired) electrons. The first-order valence-corrected chi connectivity index (χ1v) is 5.51. The van der Waals surface area contributed by atoms with Crippen LogP contribution in [0.15, 0.2) is 36.4 Å². The van der Waals surface area contributed by atoms with Crippen LogP contribution in [0.2, 0.25) is 0 Å². The number of fused-ring (bicyclic) bond motifs is 1. The number of benzene rings is 1. The van der Waals surface area contributed by atoms with Gasteiger partial charge in [0.15, 0.2) is 5.78 Å². The zero-order valence-corrected chi connectivity index (χ0v) is 9.99. The minimum atomic E-state index is -0.130. The van der Waals surface area contributed by atoms with E-state index in [0.717, 1.165) is 5.56 Å². The van der Waals surface area contributed by atoms with Gasteiger partial charge in [-0.2, -0.15) is 0 Å². The van der Waals surface area contributed by atoms with Crippen LogP contribution in [0.3, 0.4) is 0 Å². The Kier molecular flexibility index (Phi) is 2.76. The Morgan fingerprint density at radius 2 is 2.06 bits per heavy atom. The highest BCUT2D eigenvalue weighted by molar-refractivity contribution is 6.18. The van der Waals surface area contributed by atoms with Crippen molar-refractivity contribution in [2.24, 2.45) is 0 Å². The fraction of sp³-hybridized carbons (Fsp3) is 0.214. The van der Waals surface area contributed by atoms with E-state index in [1.807, 2.05) is 26.0 Å². The van der Waals surface area contributed by atoms with E-state index in [9.17, 15) is 4.79 Å². The molecule has 0 atom stereocenters. The predicted octanol–water partition coefficient (Wildman–Crippen LogP) is 2.79.